The number of likely N-dealkylation sites (tertiary alicyclic amines) is 1. The summed E-state index contributed by atoms with van der Waals surface area (Å²) in [7, 11) is -2.19. The maximum atomic E-state index is 13.4. The molecule has 256 valence electrons. The van der Waals surface area contributed by atoms with Crippen LogP contribution in [0.25, 0.3) is 21.5 Å². The van der Waals surface area contributed by atoms with E-state index in [9.17, 15) is 13.2 Å². The minimum absolute atomic E-state index is 0.194. The van der Waals surface area contributed by atoms with E-state index in [2.05, 4.69) is 30.6 Å². The van der Waals surface area contributed by atoms with Gasteiger partial charge in [-0.05, 0) is 67.2 Å². The van der Waals surface area contributed by atoms with Crippen molar-refractivity contribution in [1.82, 2.24) is 14.9 Å². The first-order valence-corrected chi connectivity index (χ1v) is 18.7. The number of benzene rings is 3. The number of anilines is 3. The Hall–Kier alpha value is -4.72. The number of methoxy groups -OCH3 is 1. The molecular weight excluding hydrogens is 661 g/mol. The van der Waals surface area contributed by atoms with Gasteiger partial charge in [0.15, 0.2) is 5.75 Å². The molecule has 0 saturated carbocycles. The lowest BCUT2D eigenvalue weighted by atomic mass is 9.86. The fraction of sp³-hybridized carbons (Fsp3) is 0.306. The standard InChI is InChI=1S/C36H40N6O5S2/c1-36(2,3)23-18-29(33(46-4)30(19-23)41-49(5,44)45)40-35(43)39-28-12-13-32(27-11-7-6-10-26(27)28)47-25-14-15-37-31(20-25)34-38-24(22-48-34)21-42-16-8-9-17-42/h6-7,10-15,18-20,22,41H,8-9,16-17,21H2,1-5H3,(H2,39,40,43). The number of sulfonamides is 1. The number of hydrogen-bond acceptors (Lipinski definition) is 9. The van der Waals surface area contributed by atoms with Gasteiger partial charge >= 0.3 is 6.03 Å². The molecular formula is C36H40N6O5S2. The number of thiazole rings is 1. The van der Waals surface area contributed by atoms with E-state index in [1.807, 2.05) is 63.2 Å². The van der Waals surface area contributed by atoms with E-state index < -0.39 is 16.1 Å². The van der Waals surface area contributed by atoms with E-state index in [0.717, 1.165) is 58.6 Å². The summed E-state index contributed by atoms with van der Waals surface area (Å²) in [4.78, 5) is 25.2. The molecule has 1 fully saturated rings. The lowest BCUT2D eigenvalue weighted by molar-refractivity contribution is 0.262. The molecule has 11 nitrogen and oxygen atoms in total. The predicted molar refractivity (Wildman–Crippen MR) is 197 cm³/mol. The van der Waals surface area contributed by atoms with Gasteiger partial charge in [0.2, 0.25) is 10.0 Å². The van der Waals surface area contributed by atoms with Crippen LogP contribution < -0.4 is 24.8 Å². The van der Waals surface area contributed by atoms with Gasteiger partial charge in [0.05, 0.1) is 36.1 Å². The van der Waals surface area contributed by atoms with Crippen molar-refractivity contribution >= 4 is 55.2 Å². The number of aromatic nitrogens is 2. The van der Waals surface area contributed by atoms with E-state index >= 15 is 0 Å². The van der Waals surface area contributed by atoms with Crippen molar-refractivity contribution in [2.75, 3.05) is 41.8 Å². The Labute approximate surface area is 290 Å². The van der Waals surface area contributed by atoms with Gasteiger partial charge in [0, 0.05) is 35.0 Å². The summed E-state index contributed by atoms with van der Waals surface area (Å²) in [6.07, 6.45) is 5.26. The summed E-state index contributed by atoms with van der Waals surface area (Å²) in [5.41, 5.74) is 3.37. The molecule has 3 aromatic carbocycles. The molecule has 13 heteroatoms. The van der Waals surface area contributed by atoms with Crippen molar-refractivity contribution < 1.29 is 22.7 Å². The number of pyridine rings is 1. The van der Waals surface area contributed by atoms with E-state index in [4.69, 9.17) is 14.5 Å². The van der Waals surface area contributed by atoms with E-state index in [1.165, 1.54) is 20.0 Å². The van der Waals surface area contributed by atoms with Gasteiger partial charge in [0.1, 0.15) is 22.2 Å². The molecule has 1 saturated heterocycles. The third-order valence-electron chi connectivity index (χ3n) is 8.15. The van der Waals surface area contributed by atoms with E-state index in [0.29, 0.717) is 22.9 Å². The SMILES string of the molecule is COc1c(NC(=O)Nc2ccc(Oc3ccnc(-c4nc(CN5CCCC5)cs4)c3)c3ccccc23)cc(C(C)(C)C)cc1NS(C)(=O)=O. The van der Waals surface area contributed by atoms with Crippen molar-refractivity contribution in [1.29, 1.82) is 0 Å². The van der Waals surface area contributed by atoms with Crippen LogP contribution in [0.2, 0.25) is 0 Å². The van der Waals surface area contributed by atoms with Gasteiger partial charge in [-0.3, -0.25) is 14.6 Å². The fourth-order valence-corrected chi connectivity index (χ4v) is 7.11. The minimum atomic E-state index is -3.61. The third kappa shape index (κ3) is 8.30. The van der Waals surface area contributed by atoms with Crippen LogP contribution >= 0.6 is 11.3 Å². The Morgan fingerprint density at radius 2 is 1.67 bits per heavy atom. The second-order valence-electron chi connectivity index (χ2n) is 13.1. The number of fused-ring (bicyclic) bond motifs is 1. The topological polar surface area (TPSA) is 135 Å². The Balaban J connectivity index is 1.22. The Bertz CT molecular complexity index is 2100. The maximum Gasteiger partial charge on any atom is 0.323 e. The zero-order valence-electron chi connectivity index (χ0n) is 28.2. The molecule has 2 amide bonds. The molecule has 0 spiro atoms. The van der Waals surface area contributed by atoms with Crippen LogP contribution in [0.3, 0.4) is 0 Å². The number of nitrogens with one attached hydrogen (secondary N) is 3. The molecule has 5 aromatic rings. The van der Waals surface area contributed by atoms with Gasteiger partial charge in [-0.2, -0.15) is 0 Å². The molecule has 0 aliphatic carbocycles. The summed E-state index contributed by atoms with van der Waals surface area (Å²) >= 11 is 1.58. The van der Waals surface area contributed by atoms with Crippen LogP contribution in [0, 0.1) is 0 Å². The average Bonchev–Trinajstić information content (AvgIpc) is 3.74. The smallest absolute Gasteiger partial charge is 0.323 e. The minimum Gasteiger partial charge on any atom is -0.492 e. The lowest BCUT2D eigenvalue weighted by Gasteiger charge is -2.24. The third-order valence-corrected chi connectivity index (χ3v) is 9.65. The number of nitrogens with zero attached hydrogens (tertiary/aromatic N) is 3. The normalized spacial score (nSPS) is 13.7. The summed E-state index contributed by atoms with van der Waals surface area (Å²) in [5, 5.41) is 10.3. The highest BCUT2D eigenvalue weighted by Crippen LogP contribution is 2.40. The monoisotopic (exact) mass is 700 g/mol. The number of carbonyl (C=O) groups excluding carboxylic acids is 1. The Morgan fingerprint density at radius 1 is 0.959 bits per heavy atom. The van der Waals surface area contributed by atoms with Crippen LogP contribution in [0.15, 0.2) is 72.2 Å². The molecule has 1 aliphatic rings. The van der Waals surface area contributed by atoms with E-state index in [-0.39, 0.29) is 16.9 Å². The predicted octanol–water partition coefficient (Wildman–Crippen LogP) is 8.07. The largest absolute Gasteiger partial charge is 0.492 e. The van der Waals surface area contributed by atoms with Crippen LogP contribution in [-0.4, -0.2) is 55.8 Å². The first-order chi connectivity index (χ1) is 23.4. The summed E-state index contributed by atoms with van der Waals surface area (Å²) < 4.78 is 38.7. The van der Waals surface area contributed by atoms with Crippen LogP contribution in [-0.2, 0) is 22.0 Å². The Kier molecular flexibility index (Phi) is 9.77. The highest BCUT2D eigenvalue weighted by atomic mass is 32.2. The zero-order valence-corrected chi connectivity index (χ0v) is 29.8. The zero-order chi connectivity index (χ0) is 34.8. The fourth-order valence-electron chi connectivity index (χ4n) is 5.78. The highest BCUT2D eigenvalue weighted by molar-refractivity contribution is 7.92. The van der Waals surface area contributed by atoms with Crippen LogP contribution in [0.4, 0.5) is 21.9 Å². The number of amides is 2. The number of ether oxygens (including phenoxy) is 2. The van der Waals surface area contributed by atoms with E-state index in [1.54, 1.807) is 35.7 Å². The summed E-state index contributed by atoms with van der Waals surface area (Å²) in [6, 6.07) is 17.9. The number of carbonyl (C=O) groups is 1. The summed E-state index contributed by atoms with van der Waals surface area (Å²) in [6.45, 7) is 9.08. The van der Waals surface area contributed by atoms with Gasteiger partial charge < -0.3 is 20.1 Å². The molecule has 49 heavy (non-hydrogen) atoms. The second-order valence-corrected chi connectivity index (χ2v) is 15.7. The maximum absolute atomic E-state index is 13.4. The molecule has 0 atom stereocenters. The number of rotatable bonds is 10. The highest BCUT2D eigenvalue weighted by Gasteiger charge is 2.23. The lowest BCUT2D eigenvalue weighted by Crippen LogP contribution is -2.22. The molecule has 2 aromatic heterocycles. The van der Waals surface area contributed by atoms with Crippen molar-refractivity contribution in [3.63, 3.8) is 0 Å². The molecule has 1 aliphatic heterocycles. The van der Waals surface area contributed by atoms with Crippen LogP contribution in [0.1, 0.15) is 44.9 Å². The van der Waals surface area contributed by atoms with Crippen LogP contribution in [0.5, 0.6) is 17.2 Å². The average molecular weight is 701 g/mol. The van der Waals surface area contributed by atoms with Crippen molar-refractivity contribution in [3.8, 4) is 28.0 Å². The molecule has 0 bridgehead atoms. The molecule has 0 radical (unpaired) electrons. The van der Waals surface area contributed by atoms with Crippen molar-refractivity contribution in [3.05, 3.63) is 83.5 Å². The van der Waals surface area contributed by atoms with Gasteiger partial charge in [-0.1, -0.05) is 45.0 Å². The van der Waals surface area contributed by atoms with Gasteiger partial charge in [-0.25, -0.2) is 18.2 Å². The summed E-state index contributed by atoms with van der Waals surface area (Å²) in [5.74, 6) is 1.43. The Morgan fingerprint density at radius 3 is 2.39 bits per heavy atom. The quantitative estimate of drug-likeness (QED) is 0.133. The second kappa shape index (κ2) is 14.0. The first-order valence-electron chi connectivity index (χ1n) is 16.0. The van der Waals surface area contributed by atoms with Crippen molar-refractivity contribution in [2.45, 2.75) is 45.6 Å². The first kappa shape index (κ1) is 34.2. The number of hydrogen-bond donors (Lipinski definition) is 3. The molecule has 3 heterocycles. The molecule has 6 rings (SSSR count). The molecule has 0 unspecified atom stereocenters. The molecule has 3 N–H and O–H groups in total. The van der Waals surface area contributed by atoms with Gasteiger partial charge in [-0.15, -0.1) is 11.3 Å². The van der Waals surface area contributed by atoms with Gasteiger partial charge in [0.25, 0.3) is 0 Å². The van der Waals surface area contributed by atoms with Crippen molar-refractivity contribution in [2.24, 2.45) is 0 Å². The number of urea groups is 1.